The summed E-state index contributed by atoms with van der Waals surface area (Å²) in [6.07, 6.45) is 80.5. The normalized spacial score (nSPS) is 13.9. The number of ether oxygens (including phenoxy) is 1. The largest absolute Gasteiger partial charge is 0.756 e. The van der Waals surface area contributed by atoms with Crippen molar-refractivity contribution in [1.29, 1.82) is 0 Å². The Bertz CT molecular complexity index is 1600. The average Bonchev–Trinajstić information content (AvgIpc) is 3.47. The summed E-state index contributed by atoms with van der Waals surface area (Å²) in [5.74, 6) is -0.547. The fraction of sp³-hybridized carbons (Fsp3) is 0.836. The van der Waals surface area contributed by atoms with Crippen molar-refractivity contribution in [3.63, 3.8) is 0 Å². The van der Waals surface area contributed by atoms with Gasteiger partial charge >= 0.3 is 5.97 Å². The molecule has 1 N–H and O–H groups in total. The summed E-state index contributed by atoms with van der Waals surface area (Å²) in [6, 6.07) is -0.897. The Morgan fingerprint density at radius 3 is 1.12 bits per heavy atom. The van der Waals surface area contributed by atoms with E-state index in [0.29, 0.717) is 23.9 Å². The average molecular weight is 1190 g/mol. The van der Waals surface area contributed by atoms with Crippen molar-refractivity contribution < 1.29 is 37.3 Å². The van der Waals surface area contributed by atoms with Crippen molar-refractivity contribution in [2.75, 3.05) is 40.9 Å². The van der Waals surface area contributed by atoms with E-state index in [4.69, 9.17) is 13.8 Å². The lowest BCUT2D eigenvalue weighted by Crippen LogP contribution is -2.47. The van der Waals surface area contributed by atoms with Gasteiger partial charge < -0.3 is 28.5 Å². The predicted molar refractivity (Wildman–Crippen MR) is 358 cm³/mol. The van der Waals surface area contributed by atoms with Gasteiger partial charge in [-0.05, 0) is 76.7 Å². The van der Waals surface area contributed by atoms with Crippen molar-refractivity contribution in [3.8, 4) is 0 Å². The summed E-state index contributed by atoms with van der Waals surface area (Å²) in [6.45, 7) is 6.85. The van der Waals surface area contributed by atoms with Crippen LogP contribution < -0.4 is 10.2 Å². The standard InChI is InChI=1S/C73H137N2O7P/c1-7-10-13-16-19-22-25-28-30-32-34-36-37-39-40-42-44-47-50-53-56-59-62-65-72(76)74-70(69-81-83(78,79)80-68-67-75(4,5)6)71(64-61-58-55-52-49-46-27-24-21-18-15-12-9-3)82-73(77)66-63-60-57-54-51-48-45-43-41-38-35-33-31-29-26-23-20-17-14-11-8-2/h20,23,29,31,35,38,43,45,61,64,70-71H,7-19,21-22,24-28,30,32-34,36-37,39-42,44,46-60,62-63,65-69H2,1-6H3,(H-,74,76,78,79)/b23-20-,31-29-,38-35-,45-43-,64-61+. The van der Waals surface area contributed by atoms with Crippen LogP contribution in [0.1, 0.15) is 342 Å². The zero-order valence-corrected chi connectivity index (χ0v) is 56.6. The maximum atomic E-state index is 13.6. The van der Waals surface area contributed by atoms with Crippen LogP contribution >= 0.6 is 7.82 Å². The number of unbranched alkanes of at least 4 members (excludes halogenated alkanes) is 41. The molecule has 0 saturated carbocycles. The van der Waals surface area contributed by atoms with E-state index < -0.39 is 26.6 Å². The van der Waals surface area contributed by atoms with E-state index in [2.05, 4.69) is 74.7 Å². The van der Waals surface area contributed by atoms with Crippen LogP contribution in [0.3, 0.4) is 0 Å². The maximum Gasteiger partial charge on any atom is 0.306 e. The van der Waals surface area contributed by atoms with Crippen LogP contribution in [-0.2, 0) is 27.9 Å². The molecule has 0 radical (unpaired) electrons. The van der Waals surface area contributed by atoms with Gasteiger partial charge in [-0.3, -0.25) is 14.2 Å². The minimum atomic E-state index is -4.71. The molecular weight excluding hydrogens is 1050 g/mol. The molecule has 0 aliphatic heterocycles. The second-order valence-corrected chi connectivity index (χ2v) is 26.8. The van der Waals surface area contributed by atoms with E-state index in [0.717, 1.165) is 89.9 Å². The number of amides is 1. The fourth-order valence-corrected chi connectivity index (χ4v) is 11.2. The molecule has 0 aliphatic rings. The van der Waals surface area contributed by atoms with Crippen molar-refractivity contribution in [2.24, 2.45) is 0 Å². The number of phosphoric acid groups is 1. The SMILES string of the molecule is CCCCC/C=C\C/C=C\C/C=C\C/C=C\CCCCCCCC(=O)OC(/C=C/CCCCCCCCCCCCC)C(COP(=O)([O-])OCC[N+](C)(C)C)NC(=O)CCCCCCCCCCCCCCCCCCCCCCCCC. The molecule has 0 fully saturated rings. The highest BCUT2D eigenvalue weighted by molar-refractivity contribution is 7.45. The number of carbonyl (C=O) groups is 2. The summed E-state index contributed by atoms with van der Waals surface area (Å²) >= 11 is 0. The smallest absolute Gasteiger partial charge is 0.306 e. The van der Waals surface area contributed by atoms with Crippen molar-refractivity contribution in [2.45, 2.75) is 354 Å². The number of likely N-dealkylation sites (N-methyl/N-ethyl adjacent to an activating group) is 1. The van der Waals surface area contributed by atoms with Crippen LogP contribution in [0.15, 0.2) is 60.8 Å². The molecule has 486 valence electrons. The van der Waals surface area contributed by atoms with Gasteiger partial charge in [0.1, 0.15) is 19.3 Å². The van der Waals surface area contributed by atoms with Gasteiger partial charge in [0.2, 0.25) is 5.91 Å². The van der Waals surface area contributed by atoms with E-state index >= 15 is 0 Å². The van der Waals surface area contributed by atoms with Crippen LogP contribution in [0.4, 0.5) is 0 Å². The summed E-state index contributed by atoms with van der Waals surface area (Å²) in [4.78, 5) is 40.2. The Kier molecular flexibility index (Phi) is 61.0. The second kappa shape index (κ2) is 62.8. The minimum Gasteiger partial charge on any atom is -0.756 e. The van der Waals surface area contributed by atoms with Gasteiger partial charge in [-0.15, -0.1) is 0 Å². The molecule has 0 aromatic carbocycles. The third kappa shape index (κ3) is 64.0. The first-order valence-corrected chi connectivity index (χ1v) is 37.1. The van der Waals surface area contributed by atoms with E-state index in [1.807, 2.05) is 33.3 Å². The Morgan fingerprint density at radius 1 is 0.422 bits per heavy atom. The number of quaternary nitrogens is 1. The minimum absolute atomic E-state index is 0.0251. The number of rotatable bonds is 65. The topological polar surface area (TPSA) is 114 Å². The highest BCUT2D eigenvalue weighted by Crippen LogP contribution is 2.38. The lowest BCUT2D eigenvalue weighted by molar-refractivity contribution is -0.870. The van der Waals surface area contributed by atoms with Gasteiger partial charge in [0.05, 0.1) is 33.8 Å². The molecule has 83 heavy (non-hydrogen) atoms. The number of carbonyl (C=O) groups excluding carboxylic acids is 2. The van der Waals surface area contributed by atoms with Crippen molar-refractivity contribution in [3.05, 3.63) is 60.8 Å². The third-order valence-corrected chi connectivity index (χ3v) is 16.9. The molecule has 0 aromatic heterocycles. The number of phosphoric ester groups is 1. The first kappa shape index (κ1) is 80.7. The second-order valence-electron chi connectivity index (χ2n) is 25.4. The summed E-state index contributed by atoms with van der Waals surface area (Å²) in [7, 11) is 1.18. The zero-order valence-electron chi connectivity index (χ0n) is 55.7. The maximum absolute atomic E-state index is 13.6. The molecule has 10 heteroatoms. The van der Waals surface area contributed by atoms with Gasteiger partial charge in [-0.1, -0.05) is 313 Å². The molecule has 9 nitrogen and oxygen atoms in total. The Labute approximate surface area is 515 Å². The lowest BCUT2D eigenvalue weighted by atomic mass is 10.0. The first-order chi connectivity index (χ1) is 40.4. The molecule has 0 aromatic rings. The van der Waals surface area contributed by atoms with Gasteiger partial charge in [0.25, 0.3) is 7.82 Å². The summed E-state index contributed by atoms with van der Waals surface area (Å²) < 4.78 is 30.4. The van der Waals surface area contributed by atoms with Gasteiger partial charge in [-0.2, -0.15) is 0 Å². The molecule has 3 atom stereocenters. The third-order valence-electron chi connectivity index (χ3n) is 16.0. The molecule has 1 amide bonds. The molecule has 3 unspecified atom stereocenters. The van der Waals surface area contributed by atoms with Crippen molar-refractivity contribution >= 4 is 19.7 Å². The first-order valence-electron chi connectivity index (χ1n) is 35.6. The molecule has 0 heterocycles. The Hall–Kier alpha value is -2.29. The molecule has 0 spiro atoms. The van der Waals surface area contributed by atoms with Gasteiger partial charge in [0, 0.05) is 12.8 Å². The predicted octanol–water partition coefficient (Wildman–Crippen LogP) is 21.9. The molecule has 0 rings (SSSR count). The fourth-order valence-electron chi connectivity index (χ4n) is 10.4. The molecule has 0 saturated heterocycles. The monoisotopic (exact) mass is 1190 g/mol. The molecule has 0 aliphatic carbocycles. The lowest BCUT2D eigenvalue weighted by Gasteiger charge is -2.30. The number of hydrogen-bond acceptors (Lipinski definition) is 7. The summed E-state index contributed by atoms with van der Waals surface area (Å²) in [5.41, 5.74) is 0. The van der Waals surface area contributed by atoms with E-state index in [1.54, 1.807) is 0 Å². The van der Waals surface area contributed by atoms with Crippen LogP contribution in [0, 0.1) is 0 Å². The number of esters is 1. The molecular formula is C73H137N2O7P. The highest BCUT2D eigenvalue weighted by Gasteiger charge is 2.27. The van der Waals surface area contributed by atoms with Crippen molar-refractivity contribution in [1.82, 2.24) is 5.32 Å². The van der Waals surface area contributed by atoms with E-state index in [-0.39, 0.29) is 24.9 Å². The quantitative estimate of drug-likeness (QED) is 0.0212. The summed E-state index contributed by atoms with van der Waals surface area (Å²) in [5, 5.41) is 3.04. The molecule has 0 bridgehead atoms. The zero-order chi connectivity index (χ0) is 60.7. The number of nitrogens with one attached hydrogen (secondary N) is 1. The van der Waals surface area contributed by atoms with E-state index in [9.17, 15) is 19.0 Å². The van der Waals surface area contributed by atoms with Crippen LogP contribution in [0.2, 0.25) is 0 Å². The van der Waals surface area contributed by atoms with Crippen LogP contribution in [0.25, 0.3) is 0 Å². The van der Waals surface area contributed by atoms with Gasteiger partial charge in [-0.25, -0.2) is 0 Å². The van der Waals surface area contributed by atoms with Gasteiger partial charge in [0.15, 0.2) is 0 Å². The highest BCUT2D eigenvalue weighted by atomic mass is 31.2. The van der Waals surface area contributed by atoms with Crippen LogP contribution in [0.5, 0.6) is 0 Å². The van der Waals surface area contributed by atoms with Crippen LogP contribution in [-0.4, -0.2) is 69.4 Å². The number of hydrogen-bond donors (Lipinski definition) is 1. The number of nitrogens with zero attached hydrogens (tertiary/aromatic N) is 1. The van der Waals surface area contributed by atoms with E-state index in [1.165, 1.54) is 212 Å². The Balaban J connectivity index is 5.14. The Morgan fingerprint density at radius 2 is 0.735 bits per heavy atom. The number of allylic oxidation sites excluding steroid dienone is 9.